The van der Waals surface area contributed by atoms with E-state index < -0.39 is 5.97 Å². The highest BCUT2D eigenvalue weighted by molar-refractivity contribution is 5.89. The first-order chi connectivity index (χ1) is 9.88. The van der Waals surface area contributed by atoms with Gasteiger partial charge in [0.1, 0.15) is 11.5 Å². The molecule has 0 radical (unpaired) electrons. The number of rotatable bonds is 4. The Morgan fingerprint density at radius 3 is 2.38 bits per heavy atom. The molecule has 3 nitrogen and oxygen atoms in total. The van der Waals surface area contributed by atoms with Crippen LogP contribution in [0.15, 0.2) is 36.4 Å². The summed E-state index contributed by atoms with van der Waals surface area (Å²) >= 11 is 0. The van der Waals surface area contributed by atoms with Crippen LogP contribution in [0.1, 0.15) is 46.8 Å². The lowest BCUT2D eigenvalue weighted by molar-refractivity contribution is 0.0696. The predicted octanol–water partition coefficient (Wildman–Crippen LogP) is 4.92. The fourth-order valence-electron chi connectivity index (χ4n) is 2.27. The van der Waals surface area contributed by atoms with Gasteiger partial charge in [-0.15, -0.1) is 0 Å². The second kappa shape index (κ2) is 6.00. The lowest BCUT2D eigenvalue weighted by Crippen LogP contribution is -2.00. The molecular formula is C18H20O3. The number of carboxylic acid groups (broad SMARTS) is 1. The Kier molecular flexibility index (Phi) is 4.32. The van der Waals surface area contributed by atoms with Crippen molar-refractivity contribution in [3.63, 3.8) is 0 Å². The van der Waals surface area contributed by atoms with Gasteiger partial charge in [-0.1, -0.05) is 26.0 Å². The second-order valence-corrected chi connectivity index (χ2v) is 5.58. The molecule has 0 amide bonds. The molecule has 2 aromatic rings. The largest absolute Gasteiger partial charge is 0.478 e. The van der Waals surface area contributed by atoms with Gasteiger partial charge >= 0.3 is 5.97 Å². The second-order valence-electron chi connectivity index (χ2n) is 5.58. The van der Waals surface area contributed by atoms with Crippen LogP contribution in [-0.4, -0.2) is 11.1 Å². The number of aromatic carboxylic acids is 1. The summed E-state index contributed by atoms with van der Waals surface area (Å²) in [6, 6.07) is 11.2. The maximum absolute atomic E-state index is 11.0. The summed E-state index contributed by atoms with van der Waals surface area (Å²) in [5, 5.41) is 9.06. The fraction of sp³-hybridized carbons (Fsp3) is 0.278. The topological polar surface area (TPSA) is 46.5 Å². The molecule has 0 spiro atoms. The highest BCUT2D eigenvalue weighted by Gasteiger charge is 2.11. The van der Waals surface area contributed by atoms with Gasteiger partial charge in [-0.2, -0.15) is 0 Å². The summed E-state index contributed by atoms with van der Waals surface area (Å²) < 4.78 is 5.97. The summed E-state index contributed by atoms with van der Waals surface area (Å²) in [6.07, 6.45) is 0. The van der Waals surface area contributed by atoms with Crippen molar-refractivity contribution in [3.8, 4) is 11.5 Å². The monoisotopic (exact) mass is 284 g/mol. The molecule has 0 atom stereocenters. The van der Waals surface area contributed by atoms with Crippen molar-refractivity contribution in [2.75, 3.05) is 0 Å². The van der Waals surface area contributed by atoms with E-state index in [9.17, 15) is 4.79 Å². The molecule has 2 rings (SSSR count). The molecule has 0 aliphatic carbocycles. The van der Waals surface area contributed by atoms with Crippen LogP contribution in [0.3, 0.4) is 0 Å². The normalized spacial score (nSPS) is 10.7. The number of carbonyl (C=O) groups is 1. The molecule has 3 heteroatoms. The van der Waals surface area contributed by atoms with E-state index in [4.69, 9.17) is 9.84 Å². The zero-order chi connectivity index (χ0) is 15.6. The predicted molar refractivity (Wildman–Crippen MR) is 83.5 cm³/mol. The highest BCUT2D eigenvalue weighted by Crippen LogP contribution is 2.32. The molecule has 0 unspecified atom stereocenters. The summed E-state index contributed by atoms with van der Waals surface area (Å²) in [5.74, 6) is 0.926. The van der Waals surface area contributed by atoms with Crippen molar-refractivity contribution in [2.24, 2.45) is 0 Å². The summed E-state index contributed by atoms with van der Waals surface area (Å²) in [6.45, 7) is 8.04. The minimum Gasteiger partial charge on any atom is -0.478 e. The van der Waals surface area contributed by atoms with Gasteiger partial charge in [0.15, 0.2) is 0 Å². The van der Waals surface area contributed by atoms with Crippen molar-refractivity contribution in [1.29, 1.82) is 0 Å². The van der Waals surface area contributed by atoms with Gasteiger partial charge < -0.3 is 9.84 Å². The number of carboxylic acids is 1. The van der Waals surface area contributed by atoms with Gasteiger partial charge in [0.2, 0.25) is 0 Å². The smallest absolute Gasteiger partial charge is 0.335 e. The Labute approximate surface area is 125 Å². The summed E-state index contributed by atoms with van der Waals surface area (Å²) in [7, 11) is 0. The average Bonchev–Trinajstić information content (AvgIpc) is 2.37. The van der Waals surface area contributed by atoms with E-state index >= 15 is 0 Å². The number of aryl methyl sites for hydroxylation is 2. The molecule has 110 valence electrons. The van der Waals surface area contributed by atoms with Gasteiger partial charge in [-0.05, 0) is 60.7 Å². The van der Waals surface area contributed by atoms with E-state index in [1.807, 2.05) is 13.0 Å². The minimum atomic E-state index is -0.919. The van der Waals surface area contributed by atoms with Crippen LogP contribution in [0, 0.1) is 13.8 Å². The molecule has 0 saturated carbocycles. The van der Waals surface area contributed by atoms with Crippen LogP contribution < -0.4 is 4.74 Å². The van der Waals surface area contributed by atoms with E-state index in [-0.39, 0.29) is 0 Å². The molecule has 0 heterocycles. The lowest BCUT2D eigenvalue weighted by Gasteiger charge is -2.15. The first kappa shape index (κ1) is 15.1. The molecule has 2 aromatic carbocycles. The number of hydrogen-bond donors (Lipinski definition) is 1. The zero-order valence-corrected chi connectivity index (χ0v) is 12.8. The van der Waals surface area contributed by atoms with E-state index in [2.05, 4.69) is 26.0 Å². The van der Waals surface area contributed by atoms with Gasteiger partial charge in [-0.25, -0.2) is 4.79 Å². The van der Waals surface area contributed by atoms with Crippen LogP contribution in [-0.2, 0) is 0 Å². The first-order valence-electron chi connectivity index (χ1n) is 7.01. The fourth-order valence-corrected chi connectivity index (χ4v) is 2.27. The third kappa shape index (κ3) is 3.43. The van der Waals surface area contributed by atoms with E-state index in [0.29, 0.717) is 22.8 Å². The number of ether oxygens (including phenoxy) is 1. The molecular weight excluding hydrogens is 264 g/mol. The zero-order valence-electron chi connectivity index (χ0n) is 12.8. The maximum Gasteiger partial charge on any atom is 0.335 e. The quantitative estimate of drug-likeness (QED) is 0.867. The SMILES string of the molecule is Cc1ccc(C(C)C)c(Oc2ccc(C(=O)O)c(C)c2)c1. The summed E-state index contributed by atoms with van der Waals surface area (Å²) in [5.41, 5.74) is 3.27. The van der Waals surface area contributed by atoms with Crippen LogP contribution in [0.2, 0.25) is 0 Å². The Balaban J connectivity index is 2.36. The van der Waals surface area contributed by atoms with Gasteiger partial charge in [0.25, 0.3) is 0 Å². The van der Waals surface area contributed by atoms with Crippen LogP contribution in [0.5, 0.6) is 11.5 Å². The van der Waals surface area contributed by atoms with Crippen molar-refractivity contribution in [2.45, 2.75) is 33.6 Å². The molecule has 0 aliphatic heterocycles. The molecule has 0 fully saturated rings. The van der Waals surface area contributed by atoms with Crippen LogP contribution in [0.4, 0.5) is 0 Å². The van der Waals surface area contributed by atoms with E-state index in [1.54, 1.807) is 25.1 Å². The maximum atomic E-state index is 11.0. The third-order valence-electron chi connectivity index (χ3n) is 3.45. The molecule has 21 heavy (non-hydrogen) atoms. The molecule has 1 N–H and O–H groups in total. The van der Waals surface area contributed by atoms with E-state index in [1.165, 1.54) is 0 Å². The first-order valence-corrected chi connectivity index (χ1v) is 7.01. The van der Waals surface area contributed by atoms with Gasteiger partial charge in [-0.3, -0.25) is 0 Å². The number of hydrogen-bond acceptors (Lipinski definition) is 2. The highest BCUT2D eigenvalue weighted by atomic mass is 16.5. The van der Waals surface area contributed by atoms with E-state index in [0.717, 1.165) is 16.9 Å². The standard InChI is InChI=1S/C18H20O3/c1-11(2)15-7-5-12(3)9-17(15)21-14-6-8-16(18(19)20)13(4)10-14/h5-11H,1-4H3,(H,19,20). The van der Waals surface area contributed by atoms with Gasteiger partial charge in [0.05, 0.1) is 5.56 Å². The minimum absolute atomic E-state index is 0.302. The Bertz CT molecular complexity index is 672. The average molecular weight is 284 g/mol. The molecule has 0 aliphatic rings. The summed E-state index contributed by atoms with van der Waals surface area (Å²) in [4.78, 5) is 11.0. The van der Waals surface area contributed by atoms with Crippen molar-refractivity contribution < 1.29 is 14.6 Å². The van der Waals surface area contributed by atoms with Crippen LogP contribution in [0.25, 0.3) is 0 Å². The van der Waals surface area contributed by atoms with Crippen molar-refractivity contribution >= 4 is 5.97 Å². The van der Waals surface area contributed by atoms with Crippen molar-refractivity contribution in [1.82, 2.24) is 0 Å². The Morgan fingerprint density at radius 2 is 1.81 bits per heavy atom. The molecule has 0 saturated heterocycles. The Hall–Kier alpha value is -2.29. The molecule has 0 aromatic heterocycles. The van der Waals surface area contributed by atoms with Gasteiger partial charge in [0, 0.05) is 0 Å². The third-order valence-corrected chi connectivity index (χ3v) is 3.45. The Morgan fingerprint density at radius 1 is 1.10 bits per heavy atom. The van der Waals surface area contributed by atoms with Crippen molar-refractivity contribution in [3.05, 3.63) is 58.7 Å². The lowest BCUT2D eigenvalue weighted by atomic mass is 10.0. The molecule has 0 bridgehead atoms. The van der Waals surface area contributed by atoms with Crippen LogP contribution >= 0.6 is 0 Å². The number of benzene rings is 2.